The second kappa shape index (κ2) is 7.30. The zero-order valence-electron chi connectivity index (χ0n) is 14.3. The molecule has 0 saturated carbocycles. The van der Waals surface area contributed by atoms with Crippen molar-refractivity contribution in [2.45, 2.75) is 33.6 Å². The summed E-state index contributed by atoms with van der Waals surface area (Å²) in [5.74, 6) is -1.35. The summed E-state index contributed by atoms with van der Waals surface area (Å²) in [6, 6.07) is 6.03. The third-order valence-corrected chi connectivity index (χ3v) is 4.43. The number of carbonyl (C=O) groups is 2. The molecular formula is C20H23NO3. The van der Waals surface area contributed by atoms with E-state index < -0.39 is 5.97 Å². The first-order chi connectivity index (χ1) is 11.3. The molecule has 0 atom stereocenters. The van der Waals surface area contributed by atoms with Crippen molar-refractivity contribution in [1.29, 1.82) is 0 Å². The highest BCUT2D eigenvalue weighted by Gasteiger charge is 2.19. The van der Waals surface area contributed by atoms with E-state index in [9.17, 15) is 9.59 Å². The minimum Gasteiger partial charge on any atom is -0.478 e. The molecule has 126 valence electrons. The van der Waals surface area contributed by atoms with Crippen molar-refractivity contribution in [3.63, 3.8) is 0 Å². The summed E-state index contributed by atoms with van der Waals surface area (Å²) in [6.07, 6.45) is 9.71. The van der Waals surface area contributed by atoms with Crippen LogP contribution >= 0.6 is 0 Å². The van der Waals surface area contributed by atoms with Crippen LogP contribution in [-0.4, -0.2) is 17.0 Å². The zero-order valence-corrected chi connectivity index (χ0v) is 14.3. The van der Waals surface area contributed by atoms with E-state index in [2.05, 4.69) is 38.2 Å². The number of allylic oxidation sites excluding steroid dienone is 5. The molecule has 0 fully saturated rings. The molecule has 0 unspecified atom stereocenters. The number of benzene rings is 1. The summed E-state index contributed by atoms with van der Waals surface area (Å²) >= 11 is 0. The highest BCUT2D eigenvalue weighted by molar-refractivity contribution is 5.98. The minimum absolute atomic E-state index is 0.0968. The predicted octanol–water partition coefficient (Wildman–Crippen LogP) is 4.32. The molecule has 0 radical (unpaired) electrons. The number of hydrogen-bond acceptors (Lipinski definition) is 2. The number of amides is 1. The molecule has 4 heteroatoms. The Morgan fingerprint density at radius 3 is 2.62 bits per heavy atom. The maximum absolute atomic E-state index is 12.3. The van der Waals surface area contributed by atoms with E-state index in [0.717, 1.165) is 12.1 Å². The van der Waals surface area contributed by atoms with Crippen molar-refractivity contribution >= 4 is 11.9 Å². The number of aromatic carboxylic acids is 1. The topological polar surface area (TPSA) is 66.4 Å². The summed E-state index contributed by atoms with van der Waals surface area (Å²) in [4.78, 5) is 23.4. The van der Waals surface area contributed by atoms with Crippen molar-refractivity contribution < 1.29 is 14.7 Å². The third kappa shape index (κ3) is 4.22. The largest absolute Gasteiger partial charge is 0.478 e. The predicted molar refractivity (Wildman–Crippen MR) is 94.9 cm³/mol. The summed E-state index contributed by atoms with van der Waals surface area (Å²) in [5.41, 5.74) is 2.57. The van der Waals surface area contributed by atoms with Crippen LogP contribution < -0.4 is 5.32 Å². The van der Waals surface area contributed by atoms with E-state index >= 15 is 0 Å². The molecular weight excluding hydrogens is 302 g/mol. The second-order valence-electron chi connectivity index (χ2n) is 6.49. The molecule has 1 aliphatic rings. The zero-order chi connectivity index (χ0) is 17.7. The fraction of sp³-hybridized carbons (Fsp3) is 0.300. The lowest BCUT2D eigenvalue weighted by atomic mass is 9.81. The first kappa shape index (κ1) is 17.7. The molecule has 1 aromatic carbocycles. The van der Waals surface area contributed by atoms with Crippen LogP contribution in [0, 0.1) is 5.41 Å². The molecule has 1 aliphatic carbocycles. The molecule has 0 aliphatic heterocycles. The van der Waals surface area contributed by atoms with Crippen LogP contribution in [0.25, 0.3) is 0 Å². The Balaban J connectivity index is 2.11. The number of rotatable bonds is 5. The Morgan fingerprint density at radius 1 is 1.25 bits per heavy atom. The summed E-state index contributed by atoms with van der Waals surface area (Å²) in [6.45, 7) is 6.55. The van der Waals surface area contributed by atoms with Gasteiger partial charge in [0.05, 0.1) is 5.56 Å². The Kier molecular flexibility index (Phi) is 5.39. The van der Waals surface area contributed by atoms with Gasteiger partial charge in [-0.2, -0.15) is 0 Å². The standard InChI is InChI=1S/C20H23NO3/c1-4-20(2,3)16-9-6-10-17(12-11-16)21-18(22)14-7-5-8-15(13-14)19(23)24/h5-11,13H,4,12H2,1-3H3,(H,21,22)(H,23,24). The van der Waals surface area contributed by atoms with Gasteiger partial charge in [0.1, 0.15) is 0 Å². The average molecular weight is 325 g/mol. The van der Waals surface area contributed by atoms with E-state index in [-0.39, 0.29) is 16.9 Å². The molecule has 2 N–H and O–H groups in total. The van der Waals surface area contributed by atoms with Crippen LogP contribution in [0.3, 0.4) is 0 Å². The van der Waals surface area contributed by atoms with Gasteiger partial charge in [-0.15, -0.1) is 0 Å². The summed E-state index contributed by atoms with van der Waals surface area (Å²) < 4.78 is 0. The summed E-state index contributed by atoms with van der Waals surface area (Å²) in [7, 11) is 0. The van der Waals surface area contributed by atoms with Gasteiger partial charge in [-0.05, 0) is 41.7 Å². The first-order valence-corrected chi connectivity index (χ1v) is 8.06. The van der Waals surface area contributed by atoms with Crippen LogP contribution in [-0.2, 0) is 0 Å². The highest BCUT2D eigenvalue weighted by atomic mass is 16.4. The van der Waals surface area contributed by atoms with Gasteiger partial charge in [0, 0.05) is 17.7 Å². The number of carbonyl (C=O) groups excluding carboxylic acids is 1. The molecule has 1 aromatic rings. The lowest BCUT2D eigenvalue weighted by Gasteiger charge is -2.24. The SMILES string of the molecule is CCC(C)(C)C1=CCC(NC(=O)c2cccc(C(=O)O)c2)=CC=C1. The molecule has 0 heterocycles. The third-order valence-electron chi connectivity index (χ3n) is 4.43. The van der Waals surface area contributed by atoms with Gasteiger partial charge in [0.25, 0.3) is 5.91 Å². The maximum Gasteiger partial charge on any atom is 0.335 e. The molecule has 0 saturated heterocycles. The molecule has 2 rings (SSSR count). The summed E-state index contributed by atoms with van der Waals surface area (Å²) in [5, 5.41) is 11.9. The molecule has 0 aromatic heterocycles. The monoisotopic (exact) mass is 325 g/mol. The van der Waals surface area contributed by atoms with E-state index in [0.29, 0.717) is 12.0 Å². The molecule has 0 bridgehead atoms. The number of carboxylic acids is 1. The molecule has 4 nitrogen and oxygen atoms in total. The Bertz CT molecular complexity index is 739. The Morgan fingerprint density at radius 2 is 1.96 bits per heavy atom. The van der Waals surface area contributed by atoms with Gasteiger partial charge in [-0.25, -0.2) is 4.79 Å². The van der Waals surface area contributed by atoms with E-state index in [4.69, 9.17) is 5.11 Å². The Hall–Kier alpha value is -2.62. The van der Waals surface area contributed by atoms with E-state index in [1.807, 2.05) is 12.2 Å². The van der Waals surface area contributed by atoms with E-state index in [1.54, 1.807) is 12.1 Å². The van der Waals surface area contributed by atoms with Crippen molar-refractivity contribution in [2.24, 2.45) is 5.41 Å². The molecule has 24 heavy (non-hydrogen) atoms. The van der Waals surface area contributed by atoms with E-state index in [1.165, 1.54) is 17.7 Å². The second-order valence-corrected chi connectivity index (χ2v) is 6.49. The molecule has 1 amide bonds. The van der Waals surface area contributed by atoms with Gasteiger partial charge in [-0.1, -0.05) is 45.1 Å². The number of carboxylic acid groups (broad SMARTS) is 1. The average Bonchev–Trinajstić information content (AvgIpc) is 2.81. The normalized spacial score (nSPS) is 14.5. The van der Waals surface area contributed by atoms with Crippen LogP contribution in [0.15, 0.2) is 59.8 Å². The van der Waals surface area contributed by atoms with Gasteiger partial charge >= 0.3 is 5.97 Å². The van der Waals surface area contributed by atoms with Gasteiger partial charge < -0.3 is 10.4 Å². The number of hydrogen-bond donors (Lipinski definition) is 2. The van der Waals surface area contributed by atoms with Crippen molar-refractivity contribution in [1.82, 2.24) is 5.32 Å². The fourth-order valence-electron chi connectivity index (χ4n) is 2.43. The Labute approximate surface area is 142 Å². The van der Waals surface area contributed by atoms with Crippen molar-refractivity contribution in [3.05, 3.63) is 71.0 Å². The van der Waals surface area contributed by atoms with Crippen molar-refractivity contribution in [3.8, 4) is 0 Å². The first-order valence-electron chi connectivity index (χ1n) is 8.06. The van der Waals surface area contributed by atoms with Gasteiger partial charge in [-0.3, -0.25) is 4.79 Å². The number of nitrogens with one attached hydrogen (secondary N) is 1. The van der Waals surface area contributed by atoms with Crippen LogP contribution in [0.2, 0.25) is 0 Å². The van der Waals surface area contributed by atoms with Gasteiger partial charge in [0.15, 0.2) is 0 Å². The lowest BCUT2D eigenvalue weighted by molar-refractivity contribution is 0.0697. The van der Waals surface area contributed by atoms with Crippen LogP contribution in [0.4, 0.5) is 0 Å². The van der Waals surface area contributed by atoms with Gasteiger partial charge in [0.2, 0.25) is 0 Å². The smallest absolute Gasteiger partial charge is 0.335 e. The molecule has 0 spiro atoms. The fourth-order valence-corrected chi connectivity index (χ4v) is 2.43. The quantitative estimate of drug-likeness (QED) is 0.847. The van der Waals surface area contributed by atoms with Crippen LogP contribution in [0.5, 0.6) is 0 Å². The van der Waals surface area contributed by atoms with Crippen molar-refractivity contribution in [2.75, 3.05) is 0 Å². The maximum atomic E-state index is 12.3. The van der Waals surface area contributed by atoms with Crippen LogP contribution in [0.1, 0.15) is 54.3 Å². The minimum atomic E-state index is -1.05. The lowest BCUT2D eigenvalue weighted by Crippen LogP contribution is -2.23. The highest BCUT2D eigenvalue weighted by Crippen LogP contribution is 2.32.